The molecule has 0 N–H and O–H groups in total. The van der Waals surface area contributed by atoms with E-state index in [9.17, 15) is 0 Å². The maximum absolute atomic E-state index is 5.54. The molecule has 0 aliphatic rings. The van der Waals surface area contributed by atoms with Crippen LogP contribution in [0.15, 0.2) is 60.7 Å². The summed E-state index contributed by atoms with van der Waals surface area (Å²) in [6.07, 6.45) is -0.125. The van der Waals surface area contributed by atoms with E-state index in [-0.39, 0.29) is 6.10 Å². The van der Waals surface area contributed by atoms with Crippen LogP contribution in [-0.2, 0) is 4.74 Å². The van der Waals surface area contributed by atoms with Crippen molar-refractivity contribution in [2.24, 2.45) is 0 Å². The van der Waals surface area contributed by atoms with Gasteiger partial charge in [-0.25, -0.2) is 0 Å². The van der Waals surface area contributed by atoms with Crippen LogP contribution in [0.5, 0.6) is 0 Å². The molecule has 0 aliphatic heterocycles. The second-order valence-corrected chi connectivity index (χ2v) is 4.26. The Labute approximate surface area is 120 Å². The van der Waals surface area contributed by atoms with E-state index < -0.39 is 0 Å². The third-order valence-corrected chi connectivity index (χ3v) is 2.61. The van der Waals surface area contributed by atoms with Crippen LogP contribution in [0.25, 0.3) is 0 Å². The van der Waals surface area contributed by atoms with E-state index in [0.717, 1.165) is 11.1 Å². The lowest BCUT2D eigenvalue weighted by molar-refractivity contribution is 0.134. The fraction of sp³-hybridized carbons (Fsp3) is 0.158. The molecule has 1 nitrogen and oxygen atoms in total. The van der Waals surface area contributed by atoms with Gasteiger partial charge in [-0.3, -0.25) is 0 Å². The van der Waals surface area contributed by atoms with Crippen LogP contribution in [0.3, 0.4) is 0 Å². The Bertz CT molecular complexity index is 636. The molecule has 0 fully saturated rings. The molecular formula is C19H16O. The largest absolute Gasteiger partial charge is 0.353 e. The lowest BCUT2D eigenvalue weighted by Gasteiger charge is -2.01. The Morgan fingerprint density at radius 2 is 1.40 bits per heavy atom. The maximum Gasteiger partial charge on any atom is 0.117 e. The highest BCUT2D eigenvalue weighted by molar-refractivity contribution is 5.35. The minimum Gasteiger partial charge on any atom is -0.353 e. The monoisotopic (exact) mass is 260 g/mol. The van der Waals surface area contributed by atoms with Gasteiger partial charge in [0, 0.05) is 11.1 Å². The zero-order valence-electron chi connectivity index (χ0n) is 11.5. The molecule has 0 aliphatic carbocycles. The zero-order chi connectivity index (χ0) is 14.0. The van der Waals surface area contributed by atoms with Crippen molar-refractivity contribution in [3.63, 3.8) is 0 Å². The molecule has 0 saturated heterocycles. The Morgan fingerprint density at radius 1 is 0.850 bits per heavy atom. The molecule has 98 valence electrons. The van der Waals surface area contributed by atoms with Gasteiger partial charge < -0.3 is 4.74 Å². The van der Waals surface area contributed by atoms with Gasteiger partial charge in [0.25, 0.3) is 0 Å². The van der Waals surface area contributed by atoms with Crippen molar-refractivity contribution >= 4 is 0 Å². The van der Waals surface area contributed by atoms with Crippen molar-refractivity contribution in [2.75, 3.05) is 6.61 Å². The lowest BCUT2D eigenvalue weighted by Crippen LogP contribution is -2.05. The Balaban J connectivity index is 1.81. The van der Waals surface area contributed by atoms with Crippen LogP contribution in [0.1, 0.15) is 18.1 Å². The topological polar surface area (TPSA) is 9.23 Å². The number of hydrogen-bond donors (Lipinski definition) is 0. The Kier molecular flexibility index (Phi) is 5.47. The predicted molar refractivity (Wildman–Crippen MR) is 82.1 cm³/mol. The fourth-order valence-corrected chi connectivity index (χ4v) is 1.57. The molecule has 0 heterocycles. The highest BCUT2D eigenvalue weighted by Crippen LogP contribution is 1.97. The summed E-state index contributed by atoms with van der Waals surface area (Å²) in [5, 5.41) is 0. The smallest absolute Gasteiger partial charge is 0.117 e. The molecule has 1 heteroatoms. The Morgan fingerprint density at radius 3 is 2.00 bits per heavy atom. The SMILES string of the molecule is C[C@H](C#Cc1ccccc1)OCC#Cc1ccccc1. The number of hydrogen-bond acceptors (Lipinski definition) is 1. The van der Waals surface area contributed by atoms with E-state index >= 15 is 0 Å². The molecule has 2 rings (SSSR count). The van der Waals surface area contributed by atoms with Crippen LogP contribution < -0.4 is 0 Å². The first-order valence-electron chi connectivity index (χ1n) is 6.57. The van der Waals surface area contributed by atoms with Crippen LogP contribution >= 0.6 is 0 Å². The van der Waals surface area contributed by atoms with E-state index in [1.165, 1.54) is 0 Å². The quantitative estimate of drug-likeness (QED) is 0.751. The summed E-state index contributed by atoms with van der Waals surface area (Å²) in [6.45, 7) is 2.32. The van der Waals surface area contributed by atoms with Crippen LogP contribution in [0, 0.1) is 23.7 Å². The van der Waals surface area contributed by atoms with Gasteiger partial charge in [0.1, 0.15) is 12.7 Å². The molecule has 2 aromatic carbocycles. The summed E-state index contributed by atoms with van der Waals surface area (Å²) in [4.78, 5) is 0. The first-order valence-corrected chi connectivity index (χ1v) is 6.57. The number of benzene rings is 2. The van der Waals surface area contributed by atoms with E-state index in [0.29, 0.717) is 6.61 Å². The molecule has 2 aromatic rings. The van der Waals surface area contributed by atoms with Crippen molar-refractivity contribution in [2.45, 2.75) is 13.0 Å². The van der Waals surface area contributed by atoms with Crippen molar-refractivity contribution < 1.29 is 4.74 Å². The van der Waals surface area contributed by atoms with Crippen molar-refractivity contribution in [3.8, 4) is 23.7 Å². The molecular weight excluding hydrogens is 244 g/mol. The van der Waals surface area contributed by atoms with Gasteiger partial charge in [-0.05, 0) is 31.2 Å². The second-order valence-electron chi connectivity index (χ2n) is 4.26. The normalized spacial score (nSPS) is 10.7. The average Bonchev–Trinajstić information content (AvgIpc) is 2.52. The highest BCUT2D eigenvalue weighted by Gasteiger charge is 1.93. The number of rotatable bonds is 2. The molecule has 0 bridgehead atoms. The van der Waals surface area contributed by atoms with Crippen molar-refractivity contribution in [1.82, 2.24) is 0 Å². The van der Waals surface area contributed by atoms with Gasteiger partial charge in [0.05, 0.1) is 0 Å². The summed E-state index contributed by atoms with van der Waals surface area (Å²) in [5.41, 5.74) is 2.00. The third kappa shape index (κ3) is 5.02. The molecule has 0 unspecified atom stereocenters. The van der Waals surface area contributed by atoms with Gasteiger partial charge in [0.15, 0.2) is 0 Å². The minimum atomic E-state index is -0.125. The summed E-state index contributed by atoms with van der Waals surface area (Å²) >= 11 is 0. The van der Waals surface area contributed by atoms with E-state index in [1.807, 2.05) is 67.6 Å². The molecule has 20 heavy (non-hydrogen) atoms. The molecule has 0 radical (unpaired) electrons. The van der Waals surface area contributed by atoms with Crippen LogP contribution in [-0.4, -0.2) is 12.7 Å². The fourth-order valence-electron chi connectivity index (χ4n) is 1.57. The van der Waals surface area contributed by atoms with Gasteiger partial charge in [-0.2, -0.15) is 0 Å². The molecule has 1 atom stereocenters. The molecule has 0 amide bonds. The number of ether oxygens (including phenoxy) is 1. The summed E-state index contributed by atoms with van der Waals surface area (Å²) < 4.78 is 5.54. The van der Waals surface area contributed by atoms with Crippen LogP contribution in [0.2, 0.25) is 0 Å². The van der Waals surface area contributed by atoms with Crippen molar-refractivity contribution in [1.29, 1.82) is 0 Å². The lowest BCUT2D eigenvalue weighted by atomic mass is 10.2. The standard InChI is InChI=1S/C19H16O/c1-17(14-15-19-11-6-3-7-12-19)20-16-8-13-18-9-4-2-5-10-18/h2-7,9-12,17H,16H2,1H3/t17-/m1/s1. The Hall–Kier alpha value is -2.48. The van der Waals surface area contributed by atoms with E-state index in [4.69, 9.17) is 4.74 Å². The first-order chi connectivity index (χ1) is 9.84. The predicted octanol–water partition coefficient (Wildman–Crippen LogP) is 3.49. The third-order valence-electron chi connectivity index (χ3n) is 2.61. The molecule has 0 saturated carbocycles. The summed E-state index contributed by atoms with van der Waals surface area (Å²) in [6, 6.07) is 19.8. The van der Waals surface area contributed by atoms with Crippen molar-refractivity contribution in [3.05, 3.63) is 71.8 Å². The summed E-state index contributed by atoms with van der Waals surface area (Å²) in [7, 11) is 0. The maximum atomic E-state index is 5.54. The van der Waals surface area contributed by atoms with E-state index in [2.05, 4.69) is 23.7 Å². The second kappa shape index (κ2) is 7.85. The molecule has 0 aromatic heterocycles. The van der Waals surface area contributed by atoms with Gasteiger partial charge in [-0.1, -0.05) is 60.1 Å². The summed E-state index contributed by atoms with van der Waals surface area (Å²) in [5.74, 6) is 12.2. The zero-order valence-corrected chi connectivity index (χ0v) is 11.5. The first kappa shape index (κ1) is 13.9. The molecule has 0 spiro atoms. The van der Waals surface area contributed by atoms with Gasteiger partial charge >= 0.3 is 0 Å². The minimum absolute atomic E-state index is 0.125. The highest BCUT2D eigenvalue weighted by atomic mass is 16.5. The van der Waals surface area contributed by atoms with Crippen LogP contribution in [0.4, 0.5) is 0 Å². The average molecular weight is 260 g/mol. The van der Waals surface area contributed by atoms with E-state index in [1.54, 1.807) is 0 Å². The van der Waals surface area contributed by atoms with Gasteiger partial charge in [0.2, 0.25) is 0 Å². The van der Waals surface area contributed by atoms with Gasteiger partial charge in [-0.15, -0.1) is 0 Å².